The van der Waals surface area contributed by atoms with Crippen molar-refractivity contribution in [3.8, 4) is 0 Å². The van der Waals surface area contributed by atoms with Gasteiger partial charge in [0, 0.05) is 0 Å². The molecule has 0 nitrogen and oxygen atoms in total. The van der Waals surface area contributed by atoms with Crippen molar-refractivity contribution in [3.05, 3.63) is 79.7 Å². The second-order valence-corrected chi connectivity index (χ2v) is 14.6. The van der Waals surface area contributed by atoms with Crippen LogP contribution >= 0.6 is 0 Å². The Bertz CT molecular complexity index is 854. The van der Waals surface area contributed by atoms with Gasteiger partial charge in [0.05, 0.1) is 0 Å². The van der Waals surface area contributed by atoms with E-state index in [0.29, 0.717) is 0 Å². The van der Waals surface area contributed by atoms with Gasteiger partial charge in [0.15, 0.2) is 0 Å². The van der Waals surface area contributed by atoms with Crippen molar-refractivity contribution >= 4 is 3.21 Å². The minimum Gasteiger partial charge on any atom is -1.00 e. The summed E-state index contributed by atoms with van der Waals surface area (Å²) in [6.45, 7) is 7.13. The van der Waals surface area contributed by atoms with Crippen LogP contribution in [-0.4, -0.2) is 3.21 Å². The zero-order valence-electron chi connectivity index (χ0n) is 16.5. The van der Waals surface area contributed by atoms with Gasteiger partial charge in [0.1, 0.15) is 0 Å². The van der Waals surface area contributed by atoms with E-state index in [1.54, 1.807) is 14.4 Å². The predicted molar refractivity (Wildman–Crippen MR) is 106 cm³/mol. The van der Waals surface area contributed by atoms with E-state index >= 15 is 0 Å². The Balaban J connectivity index is 0.00000131. The molecule has 3 heteroatoms. The summed E-state index contributed by atoms with van der Waals surface area (Å²) in [7, 11) is 0. The number of rotatable bonds is 3. The molecule has 27 heavy (non-hydrogen) atoms. The quantitative estimate of drug-likeness (QED) is 0.601. The summed E-state index contributed by atoms with van der Waals surface area (Å²) in [6.07, 6.45) is 14.2. The van der Waals surface area contributed by atoms with Gasteiger partial charge in [0.25, 0.3) is 0 Å². The first kappa shape index (κ1) is 22.8. The van der Waals surface area contributed by atoms with Crippen molar-refractivity contribution in [2.45, 2.75) is 56.5 Å². The molecule has 1 aromatic carbocycles. The molecule has 0 saturated heterocycles. The van der Waals surface area contributed by atoms with Crippen LogP contribution in [0.3, 0.4) is 0 Å². The molecule has 3 aliphatic carbocycles. The van der Waals surface area contributed by atoms with Crippen LogP contribution in [0, 0.1) is 0 Å². The molecule has 4 rings (SSSR count). The minimum absolute atomic E-state index is 0. The molecule has 0 fully saturated rings. The standard InChI is InChI=1S/C9H11.C8H8.C7H9.2ClH.Zr/c1-2-5-9-7-3-6-8(9)4-1;1-2-8-6-4-3-5-7-8;1-6-4-3-5-7(6)2;;;/h3,6-7H,1-2,4-5H2;3-7H,1H3;4H,3H2,1-2H3;2*1H;/q;;;;;+2/p-2. The first-order valence-corrected chi connectivity index (χ1v) is 13.6. The average Bonchev–Trinajstić information content (AvgIpc) is 3.22. The molecule has 0 N–H and O–H groups in total. The number of halogens is 2. The summed E-state index contributed by atoms with van der Waals surface area (Å²) in [5.74, 6) is 0. The number of hydrogen-bond acceptors (Lipinski definition) is 0. The van der Waals surface area contributed by atoms with Crippen LogP contribution in [0.5, 0.6) is 0 Å². The van der Waals surface area contributed by atoms with E-state index in [1.807, 2.05) is 8.85 Å². The van der Waals surface area contributed by atoms with Gasteiger partial charge in [-0.2, -0.15) is 0 Å². The van der Waals surface area contributed by atoms with Gasteiger partial charge in [-0.3, -0.25) is 0 Å². The number of benzene rings is 1. The van der Waals surface area contributed by atoms with Crippen LogP contribution in [0.2, 0.25) is 3.63 Å². The van der Waals surface area contributed by atoms with Crippen LogP contribution in [0.1, 0.15) is 58.4 Å². The Hall–Kier alpha value is -0.487. The zero-order valence-corrected chi connectivity index (χ0v) is 20.5. The largest absolute Gasteiger partial charge is 1.00 e. The summed E-state index contributed by atoms with van der Waals surface area (Å²) in [5.41, 5.74) is 8.13. The van der Waals surface area contributed by atoms with Gasteiger partial charge in [-0.1, -0.05) is 0 Å². The molecule has 0 heterocycles. The third-order valence-corrected chi connectivity index (χ3v) is 14.9. The third kappa shape index (κ3) is 4.42. The van der Waals surface area contributed by atoms with E-state index in [0.717, 1.165) is 3.63 Å². The van der Waals surface area contributed by atoms with Crippen molar-refractivity contribution < 1.29 is 46.1 Å². The minimum atomic E-state index is -1.98. The number of allylic oxidation sites excluding steroid dienone is 8. The summed E-state index contributed by atoms with van der Waals surface area (Å²) in [5, 5.41) is 0. The molecule has 0 spiro atoms. The van der Waals surface area contributed by atoms with E-state index in [-0.39, 0.29) is 24.8 Å². The van der Waals surface area contributed by atoms with Crippen LogP contribution in [0.15, 0.2) is 74.1 Å². The van der Waals surface area contributed by atoms with Gasteiger partial charge in [-0.25, -0.2) is 0 Å². The van der Waals surface area contributed by atoms with Crippen LogP contribution in [-0.2, 0) is 21.3 Å². The second kappa shape index (κ2) is 9.82. The number of hydrogen-bond donors (Lipinski definition) is 0. The van der Waals surface area contributed by atoms with E-state index < -0.39 is 21.3 Å². The predicted octanol–water partition coefficient (Wildman–Crippen LogP) is 0.706. The normalized spacial score (nSPS) is 21.4. The Kier molecular flexibility index (Phi) is 8.29. The van der Waals surface area contributed by atoms with E-state index in [2.05, 4.69) is 69.3 Å². The maximum absolute atomic E-state index is 2.60. The first-order valence-electron chi connectivity index (χ1n) is 9.70. The molecule has 0 amide bonds. The molecule has 0 radical (unpaired) electrons. The summed E-state index contributed by atoms with van der Waals surface area (Å²) >= 11 is -1.98. The average molecular weight is 479 g/mol. The molecule has 1 atom stereocenters. The van der Waals surface area contributed by atoms with Crippen LogP contribution in [0.25, 0.3) is 0 Å². The van der Waals surface area contributed by atoms with Gasteiger partial charge in [0.2, 0.25) is 0 Å². The third-order valence-electron chi connectivity index (χ3n) is 6.32. The molecule has 1 aromatic rings. The molecule has 0 aromatic heterocycles. The molecular weight excluding hydrogens is 450 g/mol. The fraction of sp³-hybridized carbons (Fsp3) is 0.375. The molecule has 3 aliphatic rings. The van der Waals surface area contributed by atoms with E-state index in [9.17, 15) is 0 Å². The van der Waals surface area contributed by atoms with Crippen molar-refractivity contribution in [3.63, 3.8) is 0 Å². The topological polar surface area (TPSA) is 0 Å². The Morgan fingerprint density at radius 2 is 1.70 bits per heavy atom. The van der Waals surface area contributed by atoms with Crippen molar-refractivity contribution in [2.75, 3.05) is 0 Å². The maximum Gasteiger partial charge on any atom is -1.00 e. The smallest absolute Gasteiger partial charge is 1.00 e. The van der Waals surface area contributed by atoms with Crippen molar-refractivity contribution in [1.82, 2.24) is 0 Å². The second-order valence-electron chi connectivity index (χ2n) is 7.69. The van der Waals surface area contributed by atoms with Crippen LogP contribution in [0.4, 0.5) is 0 Å². The van der Waals surface area contributed by atoms with Gasteiger partial charge in [-0.15, -0.1) is 0 Å². The monoisotopic (exact) mass is 476 g/mol. The maximum atomic E-state index is 2.60. The summed E-state index contributed by atoms with van der Waals surface area (Å²) in [4.78, 5) is 0. The van der Waals surface area contributed by atoms with Crippen molar-refractivity contribution in [2.24, 2.45) is 0 Å². The molecule has 1 unspecified atom stereocenters. The van der Waals surface area contributed by atoms with Crippen molar-refractivity contribution in [1.29, 1.82) is 0 Å². The zero-order chi connectivity index (χ0) is 17.4. The molecule has 142 valence electrons. The summed E-state index contributed by atoms with van der Waals surface area (Å²) in [6, 6.07) is 11.2. The fourth-order valence-corrected chi connectivity index (χ4v) is 13.7. The van der Waals surface area contributed by atoms with Gasteiger partial charge < -0.3 is 24.8 Å². The van der Waals surface area contributed by atoms with E-state index in [4.69, 9.17) is 0 Å². The Morgan fingerprint density at radius 1 is 1.00 bits per heavy atom. The molecule has 0 aliphatic heterocycles. The van der Waals surface area contributed by atoms with E-state index in [1.165, 1.54) is 43.2 Å². The Labute approximate surface area is 184 Å². The van der Waals surface area contributed by atoms with Crippen LogP contribution < -0.4 is 24.8 Å². The SMILES string of the molecule is CC1=CC[C](/[Zr+2](=[C](/C)c2ccccc2)[CH]2C=CC3=C2CCCC3)=C1C.[Cl-].[Cl-]. The molecule has 0 bridgehead atoms. The van der Waals surface area contributed by atoms with Gasteiger partial charge >= 0.3 is 161 Å². The molecule has 0 saturated carbocycles. The molecular formula is C24H28Cl2Zr. The fourth-order valence-electron chi connectivity index (χ4n) is 4.70. The summed E-state index contributed by atoms with van der Waals surface area (Å²) < 4.78 is 4.34. The van der Waals surface area contributed by atoms with Gasteiger partial charge in [-0.05, 0) is 0 Å². The first-order chi connectivity index (χ1) is 12.2. The Morgan fingerprint density at radius 3 is 2.37 bits per heavy atom.